The number of carbonyl (C=O) groups is 1. The fourth-order valence-electron chi connectivity index (χ4n) is 1.99. The van der Waals surface area contributed by atoms with E-state index in [-0.39, 0.29) is 0 Å². The van der Waals surface area contributed by atoms with E-state index < -0.39 is 0 Å². The molecule has 0 aliphatic heterocycles. The van der Waals surface area contributed by atoms with Crippen molar-refractivity contribution >= 4 is 23.6 Å². The summed E-state index contributed by atoms with van der Waals surface area (Å²) in [6.45, 7) is 7.49. The van der Waals surface area contributed by atoms with E-state index in [0.717, 1.165) is 43.3 Å². The van der Waals surface area contributed by atoms with Gasteiger partial charge in [0, 0.05) is 28.9 Å². The molecule has 0 saturated heterocycles. The quantitative estimate of drug-likeness (QED) is 0.675. The monoisotopic (exact) mass is 267 g/mol. The molecule has 0 aliphatic carbocycles. The van der Waals surface area contributed by atoms with E-state index >= 15 is 0 Å². The first kappa shape index (κ1) is 15.0. The van der Waals surface area contributed by atoms with Crippen LogP contribution >= 0.6 is 11.6 Å². The molecular formula is C15H22ClNO. The molecule has 0 heterocycles. The Morgan fingerprint density at radius 3 is 2.67 bits per heavy atom. The minimum absolute atomic E-state index is 0.411. The molecule has 0 radical (unpaired) electrons. The van der Waals surface area contributed by atoms with Crippen LogP contribution < -0.4 is 4.90 Å². The Kier molecular flexibility index (Phi) is 6.20. The maximum Gasteiger partial charge on any atom is 0.152 e. The van der Waals surface area contributed by atoms with Crippen LogP contribution in [0.5, 0.6) is 0 Å². The zero-order chi connectivity index (χ0) is 13.5. The van der Waals surface area contributed by atoms with Gasteiger partial charge in [-0.15, -0.1) is 0 Å². The van der Waals surface area contributed by atoms with E-state index in [4.69, 9.17) is 11.6 Å². The van der Waals surface area contributed by atoms with Crippen LogP contribution in [0.25, 0.3) is 0 Å². The van der Waals surface area contributed by atoms with Crippen molar-refractivity contribution in [3.8, 4) is 0 Å². The number of unbranched alkanes of at least 4 members (excludes halogenated alkanes) is 1. The molecule has 0 amide bonds. The van der Waals surface area contributed by atoms with Crippen molar-refractivity contribution in [3.05, 3.63) is 28.8 Å². The van der Waals surface area contributed by atoms with Crippen LogP contribution in [0, 0.1) is 0 Å². The number of halogens is 1. The fraction of sp³-hybridized carbons (Fsp3) is 0.533. The summed E-state index contributed by atoms with van der Waals surface area (Å²) in [5, 5.41) is 0.681. The number of benzene rings is 1. The average molecular weight is 268 g/mol. The Hall–Kier alpha value is -1.02. The van der Waals surface area contributed by atoms with Crippen LogP contribution in [-0.4, -0.2) is 18.9 Å². The zero-order valence-corrected chi connectivity index (χ0v) is 12.2. The molecular weight excluding hydrogens is 246 g/mol. The van der Waals surface area contributed by atoms with Crippen LogP contribution in [-0.2, 0) is 0 Å². The number of aldehydes is 1. The predicted octanol–water partition coefficient (Wildman–Crippen LogP) is 4.56. The largest absolute Gasteiger partial charge is 0.368 e. The van der Waals surface area contributed by atoms with Crippen molar-refractivity contribution < 1.29 is 4.79 Å². The second kappa shape index (κ2) is 7.42. The van der Waals surface area contributed by atoms with Gasteiger partial charge in [-0.05, 0) is 38.0 Å². The molecule has 1 rings (SSSR count). The highest BCUT2D eigenvalue weighted by Crippen LogP contribution is 2.26. The zero-order valence-electron chi connectivity index (χ0n) is 11.4. The number of nitrogens with zero attached hydrogens (tertiary/aromatic N) is 1. The number of anilines is 1. The predicted molar refractivity (Wildman–Crippen MR) is 78.8 cm³/mol. The van der Waals surface area contributed by atoms with E-state index in [1.54, 1.807) is 12.1 Å². The summed E-state index contributed by atoms with van der Waals surface area (Å²) >= 11 is 6.06. The van der Waals surface area contributed by atoms with Crippen LogP contribution in [0.3, 0.4) is 0 Å². The van der Waals surface area contributed by atoms with Crippen molar-refractivity contribution in [2.45, 2.75) is 46.1 Å². The lowest BCUT2D eigenvalue weighted by Gasteiger charge is -2.32. The van der Waals surface area contributed by atoms with Gasteiger partial charge in [0.15, 0.2) is 6.29 Å². The Morgan fingerprint density at radius 1 is 1.39 bits per heavy atom. The summed E-state index contributed by atoms with van der Waals surface area (Å²) in [5.41, 5.74) is 1.68. The molecule has 1 aromatic rings. The molecule has 0 N–H and O–H groups in total. The van der Waals surface area contributed by atoms with Gasteiger partial charge in [0.1, 0.15) is 0 Å². The van der Waals surface area contributed by atoms with Gasteiger partial charge < -0.3 is 4.90 Å². The standard InChI is InChI=1S/C15H22ClNO/c1-4-6-9-17(12(3)5-2)15-10-14(16)8-7-13(15)11-18/h7-8,10-12H,4-6,9H2,1-3H3. The average Bonchev–Trinajstić information content (AvgIpc) is 2.39. The van der Waals surface area contributed by atoms with E-state index in [1.165, 1.54) is 0 Å². The molecule has 0 bridgehead atoms. The summed E-state index contributed by atoms with van der Waals surface area (Å²) in [6.07, 6.45) is 4.22. The molecule has 1 unspecified atom stereocenters. The fourth-order valence-corrected chi connectivity index (χ4v) is 2.16. The third-order valence-corrected chi connectivity index (χ3v) is 3.54. The van der Waals surface area contributed by atoms with Crippen molar-refractivity contribution in [2.24, 2.45) is 0 Å². The third-order valence-electron chi connectivity index (χ3n) is 3.30. The van der Waals surface area contributed by atoms with Gasteiger partial charge in [0.05, 0.1) is 0 Å². The lowest BCUT2D eigenvalue weighted by molar-refractivity contribution is 0.112. The molecule has 0 aliphatic rings. The van der Waals surface area contributed by atoms with Crippen LogP contribution in [0.1, 0.15) is 50.4 Å². The van der Waals surface area contributed by atoms with Gasteiger partial charge in [0.25, 0.3) is 0 Å². The topological polar surface area (TPSA) is 20.3 Å². The highest BCUT2D eigenvalue weighted by atomic mass is 35.5. The van der Waals surface area contributed by atoms with Gasteiger partial charge in [-0.3, -0.25) is 4.79 Å². The van der Waals surface area contributed by atoms with Gasteiger partial charge in [-0.1, -0.05) is 31.9 Å². The molecule has 0 spiro atoms. The first-order valence-corrected chi connectivity index (χ1v) is 7.03. The van der Waals surface area contributed by atoms with Crippen LogP contribution in [0.2, 0.25) is 5.02 Å². The summed E-state index contributed by atoms with van der Waals surface area (Å²) in [5.74, 6) is 0. The van der Waals surface area contributed by atoms with E-state index in [9.17, 15) is 4.79 Å². The highest BCUT2D eigenvalue weighted by Gasteiger charge is 2.16. The van der Waals surface area contributed by atoms with E-state index in [0.29, 0.717) is 11.1 Å². The van der Waals surface area contributed by atoms with Crippen molar-refractivity contribution in [3.63, 3.8) is 0 Å². The Balaban J connectivity index is 3.09. The number of hydrogen-bond donors (Lipinski definition) is 0. The van der Waals surface area contributed by atoms with Crippen LogP contribution in [0.15, 0.2) is 18.2 Å². The minimum atomic E-state index is 0.411. The summed E-state index contributed by atoms with van der Waals surface area (Å²) in [4.78, 5) is 13.4. The van der Waals surface area contributed by atoms with Gasteiger partial charge in [-0.2, -0.15) is 0 Å². The Labute approximate surface area is 115 Å². The summed E-state index contributed by atoms with van der Waals surface area (Å²) in [7, 11) is 0. The van der Waals surface area contributed by atoms with E-state index in [2.05, 4.69) is 25.7 Å². The van der Waals surface area contributed by atoms with Gasteiger partial charge >= 0.3 is 0 Å². The second-order valence-corrected chi connectivity index (χ2v) is 5.06. The first-order chi connectivity index (χ1) is 8.63. The van der Waals surface area contributed by atoms with E-state index in [1.807, 2.05) is 6.07 Å². The SMILES string of the molecule is CCCCN(c1cc(Cl)ccc1C=O)C(C)CC. The molecule has 1 aromatic carbocycles. The first-order valence-electron chi connectivity index (χ1n) is 6.65. The highest BCUT2D eigenvalue weighted by molar-refractivity contribution is 6.31. The normalized spacial score (nSPS) is 12.2. The second-order valence-electron chi connectivity index (χ2n) is 4.63. The molecule has 100 valence electrons. The summed E-state index contributed by atoms with van der Waals surface area (Å²) in [6, 6.07) is 5.87. The summed E-state index contributed by atoms with van der Waals surface area (Å²) < 4.78 is 0. The number of rotatable bonds is 7. The van der Waals surface area contributed by atoms with Crippen molar-refractivity contribution in [2.75, 3.05) is 11.4 Å². The van der Waals surface area contributed by atoms with Gasteiger partial charge in [0.2, 0.25) is 0 Å². The molecule has 1 atom stereocenters. The van der Waals surface area contributed by atoms with Crippen LogP contribution in [0.4, 0.5) is 5.69 Å². The maximum absolute atomic E-state index is 11.2. The molecule has 0 saturated carbocycles. The lowest BCUT2D eigenvalue weighted by atomic mass is 10.1. The van der Waals surface area contributed by atoms with Crippen molar-refractivity contribution in [1.29, 1.82) is 0 Å². The number of hydrogen-bond acceptors (Lipinski definition) is 2. The molecule has 3 heteroatoms. The maximum atomic E-state index is 11.2. The molecule has 18 heavy (non-hydrogen) atoms. The van der Waals surface area contributed by atoms with Crippen molar-refractivity contribution in [1.82, 2.24) is 0 Å². The van der Waals surface area contributed by atoms with Gasteiger partial charge in [-0.25, -0.2) is 0 Å². The molecule has 0 fully saturated rings. The third kappa shape index (κ3) is 3.74. The Morgan fingerprint density at radius 2 is 2.11 bits per heavy atom. The molecule has 2 nitrogen and oxygen atoms in total. The number of carbonyl (C=O) groups excluding carboxylic acids is 1. The minimum Gasteiger partial charge on any atom is -0.368 e. The molecule has 0 aromatic heterocycles. The Bertz CT molecular complexity index is 392. The lowest BCUT2D eigenvalue weighted by Crippen LogP contribution is -2.34. The smallest absolute Gasteiger partial charge is 0.152 e.